The number of benzene rings is 1. The van der Waals surface area contributed by atoms with Gasteiger partial charge in [-0.25, -0.2) is 0 Å². The first kappa shape index (κ1) is 25.0. The minimum Gasteiger partial charge on any atom is -0.484 e. The molecular formula is C22H23Cl2F2N3O4. The lowest BCUT2D eigenvalue weighted by molar-refractivity contribution is -0.136. The van der Waals surface area contributed by atoms with Crippen molar-refractivity contribution in [3.63, 3.8) is 0 Å². The molecule has 0 spiro atoms. The number of alkyl halides is 2. The Kier molecular flexibility index (Phi) is 8.68. The van der Waals surface area contributed by atoms with Gasteiger partial charge in [0.05, 0.1) is 28.5 Å². The SMILES string of the molecule is O=C(COc1ccc(Cl)c(Cl)c1)NC1(C(=O)NCc2ccc(OC(F)F)cn2)CCCCC1. The molecule has 0 unspecified atom stereocenters. The Balaban J connectivity index is 1.58. The Labute approximate surface area is 199 Å². The van der Waals surface area contributed by atoms with Gasteiger partial charge in [0.1, 0.15) is 17.0 Å². The van der Waals surface area contributed by atoms with Crippen molar-refractivity contribution >= 4 is 35.0 Å². The number of carbonyl (C=O) groups is 2. The molecule has 178 valence electrons. The third-order valence-electron chi connectivity index (χ3n) is 5.23. The summed E-state index contributed by atoms with van der Waals surface area (Å²) in [6.07, 6.45) is 4.69. The molecule has 1 aliphatic rings. The van der Waals surface area contributed by atoms with Crippen molar-refractivity contribution in [3.05, 3.63) is 52.3 Å². The summed E-state index contributed by atoms with van der Waals surface area (Å²) in [7, 11) is 0. The molecule has 11 heteroatoms. The van der Waals surface area contributed by atoms with E-state index in [-0.39, 0.29) is 24.8 Å². The van der Waals surface area contributed by atoms with Gasteiger partial charge in [-0.05, 0) is 37.1 Å². The van der Waals surface area contributed by atoms with Crippen LogP contribution < -0.4 is 20.1 Å². The minimum atomic E-state index is -2.94. The molecule has 0 bridgehead atoms. The standard InChI is InChI=1S/C22H23Cl2F2N3O4/c23-17-7-6-15(10-18(17)24)32-13-19(30)29-22(8-2-1-3-9-22)20(31)28-11-14-4-5-16(12-27-14)33-21(25)26/h4-7,10,12,21H,1-3,8-9,11,13H2,(H,28,31)(H,29,30). The van der Waals surface area contributed by atoms with Crippen molar-refractivity contribution in [1.29, 1.82) is 0 Å². The lowest BCUT2D eigenvalue weighted by Gasteiger charge is -2.36. The fraction of sp³-hybridized carbons (Fsp3) is 0.409. The van der Waals surface area contributed by atoms with E-state index in [9.17, 15) is 18.4 Å². The predicted octanol–water partition coefficient (Wildman–Crippen LogP) is 4.50. The maximum absolute atomic E-state index is 13.0. The Morgan fingerprint density at radius 2 is 1.79 bits per heavy atom. The molecule has 1 aromatic carbocycles. The van der Waals surface area contributed by atoms with Gasteiger partial charge in [0.2, 0.25) is 5.91 Å². The van der Waals surface area contributed by atoms with Crippen molar-refractivity contribution in [2.75, 3.05) is 6.61 Å². The number of pyridine rings is 1. The number of hydrogen-bond acceptors (Lipinski definition) is 5. The van der Waals surface area contributed by atoms with Gasteiger partial charge >= 0.3 is 6.61 Å². The van der Waals surface area contributed by atoms with E-state index in [1.54, 1.807) is 12.1 Å². The van der Waals surface area contributed by atoms with Crippen molar-refractivity contribution in [1.82, 2.24) is 15.6 Å². The highest BCUT2D eigenvalue weighted by Gasteiger charge is 2.40. The van der Waals surface area contributed by atoms with Crippen LogP contribution in [0.25, 0.3) is 0 Å². The molecule has 1 heterocycles. The highest BCUT2D eigenvalue weighted by atomic mass is 35.5. The van der Waals surface area contributed by atoms with E-state index in [0.717, 1.165) is 25.5 Å². The second kappa shape index (κ2) is 11.5. The van der Waals surface area contributed by atoms with Crippen LogP contribution in [0.1, 0.15) is 37.8 Å². The van der Waals surface area contributed by atoms with E-state index in [2.05, 4.69) is 20.4 Å². The molecule has 2 N–H and O–H groups in total. The molecule has 0 saturated heterocycles. The monoisotopic (exact) mass is 501 g/mol. The topological polar surface area (TPSA) is 89.5 Å². The Hall–Kier alpha value is -2.65. The third kappa shape index (κ3) is 7.17. The van der Waals surface area contributed by atoms with Crippen LogP contribution in [0.3, 0.4) is 0 Å². The Morgan fingerprint density at radius 1 is 1.06 bits per heavy atom. The molecule has 3 rings (SSSR count). The fourth-order valence-corrected chi connectivity index (χ4v) is 3.90. The van der Waals surface area contributed by atoms with Gasteiger partial charge in [-0.15, -0.1) is 0 Å². The number of rotatable bonds is 9. The van der Waals surface area contributed by atoms with E-state index >= 15 is 0 Å². The largest absolute Gasteiger partial charge is 0.484 e. The zero-order valence-electron chi connectivity index (χ0n) is 17.6. The maximum atomic E-state index is 13.0. The lowest BCUT2D eigenvalue weighted by atomic mass is 9.80. The molecule has 0 atom stereocenters. The average Bonchev–Trinajstić information content (AvgIpc) is 2.79. The van der Waals surface area contributed by atoms with Crippen molar-refractivity contribution in [2.24, 2.45) is 0 Å². The lowest BCUT2D eigenvalue weighted by Crippen LogP contribution is -2.60. The van der Waals surface area contributed by atoms with Crippen molar-refractivity contribution in [2.45, 2.75) is 50.8 Å². The highest BCUT2D eigenvalue weighted by molar-refractivity contribution is 6.42. The molecule has 1 aliphatic carbocycles. The number of aromatic nitrogens is 1. The van der Waals surface area contributed by atoms with E-state index in [1.807, 2.05) is 0 Å². The Bertz CT molecular complexity index is 971. The van der Waals surface area contributed by atoms with Gasteiger partial charge in [-0.2, -0.15) is 8.78 Å². The molecule has 0 radical (unpaired) electrons. The number of nitrogens with one attached hydrogen (secondary N) is 2. The van der Waals surface area contributed by atoms with E-state index < -0.39 is 18.1 Å². The summed E-state index contributed by atoms with van der Waals surface area (Å²) in [5.41, 5.74) is -0.597. The molecule has 2 aromatic rings. The third-order valence-corrected chi connectivity index (χ3v) is 5.97. The molecule has 2 amide bonds. The molecule has 33 heavy (non-hydrogen) atoms. The summed E-state index contributed by atoms with van der Waals surface area (Å²) in [6, 6.07) is 7.49. The first-order valence-electron chi connectivity index (χ1n) is 10.3. The molecular weight excluding hydrogens is 479 g/mol. The summed E-state index contributed by atoms with van der Waals surface area (Å²) < 4.78 is 34.2. The quantitative estimate of drug-likeness (QED) is 0.527. The average molecular weight is 502 g/mol. The second-order valence-corrected chi connectivity index (χ2v) is 8.42. The summed E-state index contributed by atoms with van der Waals surface area (Å²) in [4.78, 5) is 29.6. The fourth-order valence-electron chi connectivity index (χ4n) is 3.61. The summed E-state index contributed by atoms with van der Waals surface area (Å²) >= 11 is 11.8. The van der Waals surface area contributed by atoms with Gasteiger partial charge in [-0.1, -0.05) is 42.5 Å². The van der Waals surface area contributed by atoms with Crippen molar-refractivity contribution < 1.29 is 27.8 Å². The molecule has 0 aliphatic heterocycles. The van der Waals surface area contributed by atoms with Crippen LogP contribution in [0.15, 0.2) is 36.5 Å². The molecule has 1 aromatic heterocycles. The van der Waals surface area contributed by atoms with E-state index in [0.29, 0.717) is 34.3 Å². The Morgan fingerprint density at radius 3 is 2.42 bits per heavy atom. The number of halogens is 4. The first-order chi connectivity index (χ1) is 15.8. The van der Waals surface area contributed by atoms with Crippen LogP contribution in [0, 0.1) is 0 Å². The van der Waals surface area contributed by atoms with Crippen LogP contribution in [0.2, 0.25) is 10.0 Å². The molecule has 7 nitrogen and oxygen atoms in total. The van der Waals surface area contributed by atoms with Gasteiger partial charge < -0.3 is 20.1 Å². The van der Waals surface area contributed by atoms with Crippen LogP contribution >= 0.6 is 23.2 Å². The predicted molar refractivity (Wildman–Crippen MR) is 119 cm³/mol. The van der Waals surface area contributed by atoms with Crippen LogP contribution in [0.5, 0.6) is 11.5 Å². The van der Waals surface area contributed by atoms with Gasteiger partial charge in [-0.3, -0.25) is 14.6 Å². The number of ether oxygens (including phenoxy) is 2. The maximum Gasteiger partial charge on any atom is 0.387 e. The van der Waals surface area contributed by atoms with Crippen LogP contribution in [-0.2, 0) is 16.1 Å². The zero-order valence-corrected chi connectivity index (χ0v) is 19.1. The summed E-state index contributed by atoms with van der Waals surface area (Å²) in [5.74, 6) is -0.463. The van der Waals surface area contributed by atoms with Crippen LogP contribution in [0.4, 0.5) is 8.78 Å². The van der Waals surface area contributed by atoms with E-state index in [4.69, 9.17) is 27.9 Å². The van der Waals surface area contributed by atoms with Gasteiger partial charge in [0.25, 0.3) is 5.91 Å². The van der Waals surface area contributed by atoms with Crippen LogP contribution in [-0.4, -0.2) is 35.6 Å². The highest BCUT2D eigenvalue weighted by Crippen LogP contribution is 2.29. The van der Waals surface area contributed by atoms with Crippen molar-refractivity contribution in [3.8, 4) is 11.5 Å². The summed E-state index contributed by atoms with van der Waals surface area (Å²) in [5, 5.41) is 6.30. The number of carbonyl (C=O) groups excluding carboxylic acids is 2. The molecule has 1 saturated carbocycles. The minimum absolute atomic E-state index is 0.0712. The number of amides is 2. The number of hydrogen-bond donors (Lipinski definition) is 2. The molecule has 1 fully saturated rings. The van der Waals surface area contributed by atoms with Gasteiger partial charge in [0, 0.05) is 6.07 Å². The zero-order chi connectivity index (χ0) is 23.8. The second-order valence-electron chi connectivity index (χ2n) is 7.60. The summed E-state index contributed by atoms with van der Waals surface area (Å²) in [6.45, 7) is -3.15. The van der Waals surface area contributed by atoms with Gasteiger partial charge in [0.15, 0.2) is 6.61 Å². The number of nitrogens with zero attached hydrogens (tertiary/aromatic N) is 1. The normalized spacial score (nSPS) is 15.1. The van der Waals surface area contributed by atoms with E-state index in [1.165, 1.54) is 18.2 Å². The first-order valence-corrected chi connectivity index (χ1v) is 11.1. The smallest absolute Gasteiger partial charge is 0.387 e.